The molecule has 0 saturated carbocycles. The number of hydrogen-bond donors (Lipinski definition) is 0. The van der Waals surface area contributed by atoms with Gasteiger partial charge in [-0.1, -0.05) is 53.4 Å². The van der Waals surface area contributed by atoms with Gasteiger partial charge in [0.05, 0.1) is 0 Å². The van der Waals surface area contributed by atoms with E-state index in [0.717, 1.165) is 38.5 Å². The zero-order valence-electron chi connectivity index (χ0n) is 22.1. The lowest BCUT2D eigenvalue weighted by molar-refractivity contribution is 0.0699. The van der Waals surface area contributed by atoms with Crippen LogP contribution in [0.2, 0.25) is 36.3 Å². The first-order valence-electron chi connectivity index (χ1n) is 11.7. The van der Waals surface area contributed by atoms with Crippen molar-refractivity contribution >= 4 is 16.6 Å². The van der Waals surface area contributed by atoms with E-state index in [1.807, 2.05) is 0 Å². The molecule has 2 nitrogen and oxygen atoms in total. The van der Waals surface area contributed by atoms with Crippen molar-refractivity contribution in [3.8, 4) is 23.7 Å². The van der Waals surface area contributed by atoms with Crippen LogP contribution in [0.4, 0.5) is 0 Å². The summed E-state index contributed by atoms with van der Waals surface area (Å²) in [6.45, 7) is 27.4. The highest BCUT2D eigenvalue weighted by molar-refractivity contribution is 6.74. The van der Waals surface area contributed by atoms with Crippen molar-refractivity contribution < 1.29 is 8.85 Å². The fourth-order valence-electron chi connectivity index (χ4n) is 3.11. The normalized spacial score (nSPS) is 27.1. The topological polar surface area (TPSA) is 18.5 Å². The third kappa shape index (κ3) is 7.87. The van der Waals surface area contributed by atoms with Gasteiger partial charge >= 0.3 is 0 Å². The Morgan fingerprint density at radius 2 is 0.933 bits per heavy atom. The monoisotopic (exact) mass is 448 g/mol. The molecule has 0 aromatic carbocycles. The molecule has 0 spiro atoms. The summed E-state index contributed by atoms with van der Waals surface area (Å²) in [5, 5.41) is 0.310. The predicted octanol–water partition coefficient (Wildman–Crippen LogP) is 7.91. The summed E-state index contributed by atoms with van der Waals surface area (Å²) in [6.07, 6.45) is 5.72. The van der Waals surface area contributed by atoms with E-state index < -0.39 is 27.8 Å². The summed E-state index contributed by atoms with van der Waals surface area (Å²) in [4.78, 5) is 0. The van der Waals surface area contributed by atoms with Gasteiger partial charge < -0.3 is 8.85 Å². The van der Waals surface area contributed by atoms with E-state index in [9.17, 15) is 0 Å². The highest BCUT2D eigenvalue weighted by Crippen LogP contribution is 2.43. The standard InChI is InChI=1S/C26H48O2Si2/c1-23(2,3)29(9,10)27-25(7)19-17-15-13-14-16-18-20-26(8,22-21-25)28-30(11,12)24(4,5)6/h13-16,21-22H2,1-12H3/t25-,26+. The van der Waals surface area contributed by atoms with Gasteiger partial charge in [-0.3, -0.25) is 0 Å². The van der Waals surface area contributed by atoms with E-state index in [1.54, 1.807) is 0 Å². The van der Waals surface area contributed by atoms with E-state index >= 15 is 0 Å². The third-order valence-electron chi connectivity index (χ3n) is 7.21. The van der Waals surface area contributed by atoms with Crippen molar-refractivity contribution in [3.63, 3.8) is 0 Å². The maximum atomic E-state index is 6.90. The van der Waals surface area contributed by atoms with Gasteiger partial charge in [0.2, 0.25) is 0 Å². The van der Waals surface area contributed by atoms with Crippen molar-refractivity contribution in [2.24, 2.45) is 0 Å². The van der Waals surface area contributed by atoms with Gasteiger partial charge in [-0.2, -0.15) is 0 Å². The molecule has 0 radical (unpaired) electrons. The largest absolute Gasteiger partial charge is 0.401 e. The molecule has 0 saturated heterocycles. The average molecular weight is 449 g/mol. The first-order valence-corrected chi connectivity index (χ1v) is 17.5. The second-order valence-corrected chi connectivity index (χ2v) is 21.9. The Labute approximate surface area is 190 Å². The molecule has 0 aromatic rings. The SMILES string of the molecule is CC(C)(C)[Si](C)(C)O[C@@]1(C)C#CCCCCC#C[C@@](C)(O[Si](C)(C)C(C)(C)C)CC1. The van der Waals surface area contributed by atoms with E-state index in [1.165, 1.54) is 0 Å². The molecule has 2 atom stereocenters. The average Bonchev–Trinajstić information content (AvgIpc) is 2.52. The molecular formula is C26H48O2Si2. The van der Waals surface area contributed by atoms with Gasteiger partial charge in [0, 0.05) is 12.8 Å². The van der Waals surface area contributed by atoms with E-state index in [-0.39, 0.29) is 10.1 Å². The van der Waals surface area contributed by atoms with Crippen LogP contribution in [0.15, 0.2) is 0 Å². The van der Waals surface area contributed by atoms with Crippen molar-refractivity contribution in [3.05, 3.63) is 0 Å². The first-order chi connectivity index (χ1) is 13.3. The molecule has 0 bridgehead atoms. The molecular weight excluding hydrogens is 400 g/mol. The van der Waals surface area contributed by atoms with Crippen LogP contribution in [0.5, 0.6) is 0 Å². The van der Waals surface area contributed by atoms with Crippen LogP contribution in [0.1, 0.15) is 93.9 Å². The fourth-order valence-corrected chi connectivity index (χ4v) is 6.28. The van der Waals surface area contributed by atoms with E-state index in [2.05, 4.69) is 105 Å². The van der Waals surface area contributed by atoms with Crippen LogP contribution >= 0.6 is 0 Å². The summed E-state index contributed by atoms with van der Waals surface area (Å²) >= 11 is 0. The van der Waals surface area contributed by atoms with Crippen molar-refractivity contribution in [1.82, 2.24) is 0 Å². The minimum absolute atomic E-state index is 0.155. The minimum atomic E-state index is -1.95. The Kier molecular flexibility index (Phi) is 8.74. The molecule has 172 valence electrons. The lowest BCUT2D eigenvalue weighted by atomic mass is 9.91. The van der Waals surface area contributed by atoms with Crippen LogP contribution in [-0.4, -0.2) is 27.8 Å². The summed E-state index contributed by atoms with van der Waals surface area (Å²) in [5.41, 5.74) is -0.913. The van der Waals surface area contributed by atoms with Crippen LogP contribution in [-0.2, 0) is 8.85 Å². The molecule has 0 heterocycles. The lowest BCUT2D eigenvalue weighted by Gasteiger charge is -2.45. The molecule has 1 rings (SSSR count). The molecule has 0 N–H and O–H groups in total. The molecule has 30 heavy (non-hydrogen) atoms. The summed E-state index contributed by atoms with van der Waals surface area (Å²) in [5.74, 6) is 14.0. The second-order valence-electron chi connectivity index (χ2n) is 12.5. The van der Waals surface area contributed by atoms with Gasteiger partial charge in [-0.15, -0.1) is 11.8 Å². The van der Waals surface area contributed by atoms with Gasteiger partial charge in [0.25, 0.3) is 0 Å². The van der Waals surface area contributed by atoms with Crippen LogP contribution in [0.25, 0.3) is 0 Å². The molecule has 0 aromatic heterocycles. The Bertz CT molecular complexity index is 642. The van der Waals surface area contributed by atoms with Gasteiger partial charge in [-0.25, -0.2) is 0 Å². The maximum Gasteiger partial charge on any atom is 0.194 e. The van der Waals surface area contributed by atoms with Crippen LogP contribution < -0.4 is 0 Å². The van der Waals surface area contributed by atoms with Crippen LogP contribution in [0.3, 0.4) is 0 Å². The number of rotatable bonds is 4. The zero-order valence-corrected chi connectivity index (χ0v) is 24.1. The Balaban J connectivity index is 3.25. The highest BCUT2D eigenvalue weighted by Gasteiger charge is 2.45. The Morgan fingerprint density at radius 1 is 0.633 bits per heavy atom. The predicted molar refractivity (Wildman–Crippen MR) is 137 cm³/mol. The summed E-state index contributed by atoms with van der Waals surface area (Å²) in [6, 6.07) is 0. The molecule has 0 amide bonds. The van der Waals surface area contributed by atoms with Crippen molar-refractivity contribution in [1.29, 1.82) is 0 Å². The highest BCUT2D eigenvalue weighted by atomic mass is 28.4. The van der Waals surface area contributed by atoms with Gasteiger partial charge in [0.15, 0.2) is 16.6 Å². The zero-order chi connectivity index (χ0) is 23.5. The Morgan fingerprint density at radius 3 is 1.20 bits per heavy atom. The quantitative estimate of drug-likeness (QED) is 0.321. The second kappa shape index (κ2) is 9.54. The Hall–Kier alpha value is -0.526. The van der Waals surface area contributed by atoms with Gasteiger partial charge in [0.1, 0.15) is 11.2 Å². The minimum Gasteiger partial charge on any atom is -0.401 e. The van der Waals surface area contributed by atoms with Crippen molar-refractivity contribution in [2.45, 2.75) is 141 Å². The molecule has 0 aliphatic heterocycles. The molecule has 1 aliphatic carbocycles. The molecule has 0 unspecified atom stereocenters. The molecule has 0 fully saturated rings. The summed E-state index contributed by atoms with van der Waals surface area (Å²) < 4.78 is 13.8. The maximum absolute atomic E-state index is 6.90. The summed E-state index contributed by atoms with van der Waals surface area (Å²) in [7, 11) is -3.90. The third-order valence-corrected chi connectivity index (χ3v) is 16.4. The first kappa shape index (κ1) is 27.5. The van der Waals surface area contributed by atoms with E-state index in [4.69, 9.17) is 8.85 Å². The van der Waals surface area contributed by atoms with Crippen LogP contribution in [0, 0.1) is 23.7 Å². The molecule has 4 heteroatoms. The smallest absolute Gasteiger partial charge is 0.194 e. The van der Waals surface area contributed by atoms with E-state index in [0.29, 0.717) is 0 Å². The number of hydrogen-bond acceptors (Lipinski definition) is 2. The fraction of sp³-hybridized carbons (Fsp3) is 0.846. The van der Waals surface area contributed by atoms with Gasteiger partial charge in [-0.05, 0) is 75.8 Å². The van der Waals surface area contributed by atoms with Crippen molar-refractivity contribution in [2.75, 3.05) is 0 Å². The molecule has 1 aliphatic rings. The lowest BCUT2D eigenvalue weighted by Crippen LogP contribution is -2.50.